The first-order valence-corrected chi connectivity index (χ1v) is 6.53. The van der Waals surface area contributed by atoms with Crippen molar-refractivity contribution in [2.45, 2.75) is 45.6 Å². The molecule has 1 aromatic rings. The van der Waals surface area contributed by atoms with Crippen molar-refractivity contribution in [3.05, 3.63) is 6.20 Å². The second kappa shape index (κ2) is 5.46. The molecule has 0 unspecified atom stereocenters. The van der Waals surface area contributed by atoms with Crippen molar-refractivity contribution >= 4 is 12.0 Å². The normalized spacial score (nSPS) is 17.6. The number of rotatable bonds is 2. The van der Waals surface area contributed by atoms with Crippen molar-refractivity contribution in [2.75, 3.05) is 18.1 Å². The summed E-state index contributed by atoms with van der Waals surface area (Å²) < 4.78 is 10.1. The van der Waals surface area contributed by atoms with Gasteiger partial charge in [-0.2, -0.15) is 10.0 Å². The summed E-state index contributed by atoms with van der Waals surface area (Å²) in [6, 6.07) is 0. The van der Waals surface area contributed by atoms with Crippen molar-refractivity contribution in [3.8, 4) is 0 Å². The van der Waals surface area contributed by atoms with Crippen molar-refractivity contribution < 1.29 is 19.2 Å². The number of ether oxygens (including phenoxy) is 1. The Kier molecular flexibility index (Phi) is 3.92. The van der Waals surface area contributed by atoms with Crippen LogP contribution in [0.4, 0.5) is 5.88 Å². The van der Waals surface area contributed by atoms with Gasteiger partial charge in [-0.1, -0.05) is 20.8 Å². The van der Waals surface area contributed by atoms with Gasteiger partial charge in [-0.3, -0.25) is 4.52 Å². The van der Waals surface area contributed by atoms with Crippen LogP contribution in [0.5, 0.6) is 0 Å². The first-order chi connectivity index (χ1) is 8.94. The van der Waals surface area contributed by atoms with E-state index in [2.05, 4.69) is 15.3 Å². The van der Waals surface area contributed by atoms with Gasteiger partial charge in [0.25, 0.3) is 6.20 Å². The number of hydrogen-bond acceptors (Lipinski definition) is 6. The first-order valence-electron chi connectivity index (χ1n) is 6.53. The lowest BCUT2D eigenvalue weighted by Gasteiger charge is -2.28. The van der Waals surface area contributed by atoms with E-state index in [0.29, 0.717) is 0 Å². The Balaban J connectivity index is 2.02. The SMILES string of the molecule is CC(C)(C)O/C([O-])=N\c1c[n+](N2CCCCC2)no1. The highest BCUT2D eigenvalue weighted by Gasteiger charge is 2.22. The highest BCUT2D eigenvalue weighted by atomic mass is 16.6. The van der Waals surface area contributed by atoms with E-state index in [9.17, 15) is 5.11 Å². The number of nitrogens with zero attached hydrogens (tertiary/aromatic N) is 4. The lowest BCUT2D eigenvalue weighted by Crippen LogP contribution is -2.60. The van der Waals surface area contributed by atoms with E-state index >= 15 is 0 Å². The Morgan fingerprint density at radius 1 is 1.42 bits per heavy atom. The quantitative estimate of drug-likeness (QED) is 0.436. The van der Waals surface area contributed by atoms with Gasteiger partial charge in [-0.25, -0.2) is 0 Å². The van der Waals surface area contributed by atoms with Gasteiger partial charge in [-0.05, 0) is 19.3 Å². The molecule has 0 atom stereocenters. The lowest BCUT2D eigenvalue weighted by molar-refractivity contribution is -0.759. The molecule has 7 heteroatoms. The molecule has 0 aliphatic carbocycles. The van der Waals surface area contributed by atoms with Crippen LogP contribution in [0.1, 0.15) is 40.0 Å². The average molecular weight is 268 g/mol. The van der Waals surface area contributed by atoms with E-state index in [0.717, 1.165) is 25.9 Å². The Morgan fingerprint density at radius 3 is 2.74 bits per heavy atom. The molecule has 1 aliphatic rings. The minimum atomic E-state index is -0.672. The van der Waals surface area contributed by atoms with Gasteiger partial charge in [0.15, 0.2) is 6.08 Å². The van der Waals surface area contributed by atoms with Gasteiger partial charge in [0.05, 0.1) is 17.9 Å². The second-order valence-corrected chi connectivity index (χ2v) is 5.57. The smallest absolute Gasteiger partial charge is 0.326 e. The van der Waals surface area contributed by atoms with Crippen molar-refractivity contribution in [2.24, 2.45) is 4.99 Å². The van der Waals surface area contributed by atoms with Gasteiger partial charge in [0, 0.05) is 5.60 Å². The van der Waals surface area contributed by atoms with Crippen LogP contribution in [0, 0.1) is 0 Å². The summed E-state index contributed by atoms with van der Waals surface area (Å²) in [5.74, 6) is 0.153. The van der Waals surface area contributed by atoms with Crippen LogP contribution in [0.15, 0.2) is 15.7 Å². The number of piperidine rings is 1. The molecule has 1 saturated heterocycles. The largest absolute Gasteiger partial charge is 0.594 e. The predicted octanol–water partition coefficient (Wildman–Crippen LogP) is 0.247. The molecule has 106 valence electrons. The molecular weight excluding hydrogens is 248 g/mol. The molecule has 2 rings (SSSR count). The third kappa shape index (κ3) is 4.11. The van der Waals surface area contributed by atoms with Crippen LogP contribution in [-0.4, -0.2) is 30.0 Å². The summed E-state index contributed by atoms with van der Waals surface area (Å²) in [4.78, 5) is 5.32. The van der Waals surface area contributed by atoms with Crippen LogP contribution in [-0.2, 0) is 4.74 Å². The zero-order valence-electron chi connectivity index (χ0n) is 11.6. The van der Waals surface area contributed by atoms with E-state index in [1.807, 2.05) is 0 Å². The summed E-state index contributed by atoms with van der Waals surface area (Å²) in [5, 5.41) is 17.4. The van der Waals surface area contributed by atoms with E-state index in [1.165, 1.54) is 6.42 Å². The standard InChI is InChI=1S/C12H20N4O3/c1-12(2,3)18-11(17)13-10-9-16(14-19-10)15-7-5-4-6-8-15/h9H,4-8H2,1-3H3. The van der Waals surface area contributed by atoms with Crippen LogP contribution < -0.4 is 14.9 Å². The summed E-state index contributed by atoms with van der Waals surface area (Å²) in [6.45, 7) is 7.23. The lowest BCUT2D eigenvalue weighted by atomic mass is 10.2. The van der Waals surface area contributed by atoms with Crippen LogP contribution >= 0.6 is 0 Å². The molecule has 7 nitrogen and oxygen atoms in total. The molecule has 0 aromatic carbocycles. The van der Waals surface area contributed by atoms with Gasteiger partial charge in [-0.15, -0.1) is 0 Å². The Hall–Kier alpha value is -1.79. The van der Waals surface area contributed by atoms with Gasteiger partial charge in [0.2, 0.25) is 5.27 Å². The minimum absolute atomic E-state index is 0.153. The average Bonchev–Trinajstić information content (AvgIpc) is 2.76. The summed E-state index contributed by atoms with van der Waals surface area (Å²) in [7, 11) is 0. The maximum absolute atomic E-state index is 11.5. The number of aromatic nitrogens is 2. The van der Waals surface area contributed by atoms with Gasteiger partial charge in [0.1, 0.15) is 0 Å². The fraction of sp³-hybridized carbons (Fsp3) is 0.750. The fourth-order valence-corrected chi connectivity index (χ4v) is 1.87. The van der Waals surface area contributed by atoms with E-state index in [1.54, 1.807) is 31.8 Å². The predicted molar refractivity (Wildman–Crippen MR) is 66.4 cm³/mol. The van der Waals surface area contributed by atoms with Gasteiger partial charge >= 0.3 is 5.88 Å². The van der Waals surface area contributed by atoms with Gasteiger partial charge < -0.3 is 9.84 Å². The third-order valence-electron chi connectivity index (χ3n) is 2.66. The number of aliphatic imine (C=N–C) groups is 1. The Morgan fingerprint density at radius 2 is 2.11 bits per heavy atom. The zero-order chi connectivity index (χ0) is 13.9. The molecule has 1 aromatic heterocycles. The maximum Gasteiger partial charge on any atom is 0.326 e. The third-order valence-corrected chi connectivity index (χ3v) is 2.66. The first kappa shape index (κ1) is 13.6. The van der Waals surface area contributed by atoms with Crippen molar-refractivity contribution in [3.63, 3.8) is 0 Å². The van der Waals surface area contributed by atoms with E-state index in [-0.39, 0.29) is 5.88 Å². The molecule has 2 heterocycles. The second-order valence-electron chi connectivity index (χ2n) is 5.57. The van der Waals surface area contributed by atoms with E-state index in [4.69, 9.17) is 9.26 Å². The molecule has 0 amide bonds. The molecule has 0 bridgehead atoms. The molecule has 0 radical (unpaired) electrons. The molecule has 1 fully saturated rings. The molecule has 0 N–H and O–H groups in total. The highest BCUT2D eigenvalue weighted by Crippen LogP contribution is 2.11. The number of hydrogen-bond donors (Lipinski definition) is 0. The fourth-order valence-electron chi connectivity index (χ4n) is 1.87. The van der Waals surface area contributed by atoms with Crippen molar-refractivity contribution in [1.82, 2.24) is 5.27 Å². The topological polar surface area (TPSA) is 77.8 Å². The molecule has 0 saturated carbocycles. The van der Waals surface area contributed by atoms with Crippen LogP contribution in [0.2, 0.25) is 0 Å². The monoisotopic (exact) mass is 268 g/mol. The summed E-state index contributed by atoms with van der Waals surface area (Å²) >= 11 is 0. The maximum atomic E-state index is 11.5. The van der Waals surface area contributed by atoms with Crippen LogP contribution in [0.3, 0.4) is 0 Å². The van der Waals surface area contributed by atoms with E-state index < -0.39 is 11.7 Å². The minimum Gasteiger partial charge on any atom is -0.594 e. The van der Waals surface area contributed by atoms with Crippen LogP contribution in [0.25, 0.3) is 0 Å². The molecular formula is C12H20N4O3. The molecule has 1 aliphatic heterocycles. The summed E-state index contributed by atoms with van der Waals surface area (Å²) in [6.07, 6.45) is 4.44. The highest BCUT2D eigenvalue weighted by molar-refractivity contribution is 5.65. The Bertz CT molecular complexity index is 444. The molecule has 0 spiro atoms. The Labute approximate surface area is 112 Å². The summed E-state index contributed by atoms with van der Waals surface area (Å²) in [5.41, 5.74) is -0.566. The zero-order valence-corrected chi connectivity index (χ0v) is 11.6. The van der Waals surface area contributed by atoms with Crippen molar-refractivity contribution in [1.29, 1.82) is 0 Å². The molecule has 19 heavy (non-hydrogen) atoms.